The van der Waals surface area contributed by atoms with Crippen molar-refractivity contribution < 1.29 is 14.2 Å². The first-order chi connectivity index (χ1) is 11.5. The lowest BCUT2D eigenvalue weighted by Gasteiger charge is -2.35. The van der Waals surface area contributed by atoms with Crippen LogP contribution in [0.5, 0.6) is 5.75 Å². The third-order valence-electron chi connectivity index (χ3n) is 5.01. The Labute approximate surface area is 141 Å². The number of nitrogens with one attached hydrogen (secondary N) is 1. The highest BCUT2D eigenvalue weighted by Gasteiger charge is 2.32. The summed E-state index contributed by atoms with van der Waals surface area (Å²) in [5.74, 6) is 0.566. The van der Waals surface area contributed by atoms with Crippen LogP contribution >= 0.6 is 0 Å². The van der Waals surface area contributed by atoms with Crippen LogP contribution in [-0.4, -0.2) is 34.3 Å². The molecule has 1 aliphatic rings. The number of methoxy groups -OCH3 is 1. The summed E-state index contributed by atoms with van der Waals surface area (Å²) in [6, 6.07) is 2.92. The Balaban J connectivity index is 1.81. The second-order valence-corrected chi connectivity index (χ2v) is 6.77. The van der Waals surface area contributed by atoms with Gasteiger partial charge in [-0.15, -0.1) is 0 Å². The Hall–Kier alpha value is -1.95. The average Bonchev–Trinajstić information content (AvgIpc) is 2.60. The third-order valence-corrected chi connectivity index (χ3v) is 5.01. The summed E-state index contributed by atoms with van der Waals surface area (Å²) in [7, 11) is 1.43. The van der Waals surface area contributed by atoms with Crippen molar-refractivity contribution in [1.82, 2.24) is 9.97 Å². The zero-order chi connectivity index (χ0) is 17.2. The Bertz CT molecular complexity index is 715. The molecule has 1 aromatic heterocycles. The molecule has 0 radical (unpaired) electrons. The van der Waals surface area contributed by atoms with Crippen molar-refractivity contribution in [3.63, 3.8) is 0 Å². The van der Waals surface area contributed by atoms with Gasteiger partial charge in [-0.1, -0.05) is 19.3 Å². The minimum Gasteiger partial charge on any atom is -0.494 e. The number of anilines is 1. The van der Waals surface area contributed by atoms with Gasteiger partial charge in [0.15, 0.2) is 11.6 Å². The fourth-order valence-corrected chi connectivity index (χ4v) is 3.49. The fourth-order valence-electron chi connectivity index (χ4n) is 3.49. The van der Waals surface area contributed by atoms with Crippen molar-refractivity contribution in [2.75, 3.05) is 19.0 Å². The molecule has 2 N–H and O–H groups in total. The van der Waals surface area contributed by atoms with Crippen LogP contribution in [0.15, 0.2) is 18.5 Å². The van der Waals surface area contributed by atoms with Gasteiger partial charge >= 0.3 is 0 Å². The molecule has 1 unspecified atom stereocenters. The van der Waals surface area contributed by atoms with Crippen LogP contribution in [0.2, 0.25) is 0 Å². The van der Waals surface area contributed by atoms with Crippen LogP contribution in [0.1, 0.15) is 39.0 Å². The third kappa shape index (κ3) is 3.43. The molecular weight excluding hydrogens is 309 g/mol. The van der Waals surface area contributed by atoms with E-state index in [0.717, 1.165) is 12.8 Å². The van der Waals surface area contributed by atoms with Crippen molar-refractivity contribution >= 4 is 16.7 Å². The molecule has 5 nitrogen and oxygen atoms in total. The molecule has 1 aliphatic carbocycles. The quantitative estimate of drug-likeness (QED) is 0.876. The number of hydrogen-bond acceptors (Lipinski definition) is 5. The molecule has 1 saturated carbocycles. The summed E-state index contributed by atoms with van der Waals surface area (Å²) < 4.78 is 18.9. The standard InChI is InChI=1S/C18H24FN3O2/c1-18(23,12-6-4-3-5-7-12)10-20-17-13-8-16(24-2)14(19)9-15(13)21-11-22-17/h8-9,11-12,23H,3-7,10H2,1-2H3,(H,20,21,22). The minimum atomic E-state index is -0.804. The smallest absolute Gasteiger partial charge is 0.167 e. The molecule has 0 spiro atoms. The lowest BCUT2D eigenvalue weighted by atomic mass is 9.78. The summed E-state index contributed by atoms with van der Waals surface area (Å²) in [6.07, 6.45) is 7.10. The van der Waals surface area contributed by atoms with Gasteiger partial charge in [-0.2, -0.15) is 0 Å². The highest BCUT2D eigenvalue weighted by Crippen LogP contribution is 2.33. The maximum absolute atomic E-state index is 13.8. The molecule has 1 fully saturated rings. The molecule has 3 rings (SSSR count). The molecule has 0 aliphatic heterocycles. The number of aliphatic hydroxyl groups is 1. The molecule has 130 valence electrons. The Kier molecular flexibility index (Phi) is 4.85. The van der Waals surface area contributed by atoms with E-state index in [4.69, 9.17) is 4.74 Å². The zero-order valence-electron chi connectivity index (χ0n) is 14.2. The summed E-state index contributed by atoms with van der Waals surface area (Å²) in [5, 5.41) is 14.7. The van der Waals surface area contributed by atoms with Gasteiger partial charge in [-0.05, 0) is 31.7 Å². The summed E-state index contributed by atoms with van der Waals surface area (Å²) in [6.45, 7) is 2.27. The van der Waals surface area contributed by atoms with Crippen LogP contribution in [0.25, 0.3) is 10.9 Å². The van der Waals surface area contributed by atoms with Gasteiger partial charge in [0, 0.05) is 18.0 Å². The number of ether oxygens (including phenoxy) is 1. The first-order valence-corrected chi connectivity index (χ1v) is 8.46. The van der Waals surface area contributed by atoms with Crippen LogP contribution < -0.4 is 10.1 Å². The van der Waals surface area contributed by atoms with Gasteiger partial charge in [0.2, 0.25) is 0 Å². The molecule has 2 aromatic rings. The van der Waals surface area contributed by atoms with E-state index in [-0.39, 0.29) is 5.75 Å². The van der Waals surface area contributed by atoms with E-state index < -0.39 is 11.4 Å². The summed E-state index contributed by atoms with van der Waals surface area (Å²) >= 11 is 0. The van der Waals surface area contributed by atoms with E-state index in [1.54, 1.807) is 6.07 Å². The highest BCUT2D eigenvalue weighted by molar-refractivity contribution is 5.90. The maximum atomic E-state index is 13.8. The van der Waals surface area contributed by atoms with E-state index >= 15 is 0 Å². The van der Waals surface area contributed by atoms with Crippen molar-refractivity contribution in [2.45, 2.75) is 44.6 Å². The number of aromatic nitrogens is 2. The summed E-state index contributed by atoms with van der Waals surface area (Å²) in [5.41, 5.74) is -0.301. The lowest BCUT2D eigenvalue weighted by molar-refractivity contribution is -0.00448. The Morgan fingerprint density at radius 1 is 1.29 bits per heavy atom. The monoisotopic (exact) mass is 333 g/mol. The van der Waals surface area contributed by atoms with Crippen LogP contribution in [0.3, 0.4) is 0 Å². The van der Waals surface area contributed by atoms with E-state index in [1.807, 2.05) is 6.92 Å². The summed E-state index contributed by atoms with van der Waals surface area (Å²) in [4.78, 5) is 8.35. The molecule has 1 heterocycles. The van der Waals surface area contributed by atoms with E-state index in [9.17, 15) is 9.50 Å². The second-order valence-electron chi connectivity index (χ2n) is 6.77. The first kappa shape index (κ1) is 16.9. The molecule has 0 bridgehead atoms. The van der Waals surface area contributed by atoms with E-state index in [2.05, 4.69) is 15.3 Å². The van der Waals surface area contributed by atoms with Gasteiger partial charge in [-0.25, -0.2) is 14.4 Å². The molecular formula is C18H24FN3O2. The molecule has 0 amide bonds. The number of fused-ring (bicyclic) bond motifs is 1. The normalized spacial score (nSPS) is 18.3. The van der Waals surface area contributed by atoms with E-state index in [0.29, 0.717) is 29.2 Å². The number of benzene rings is 1. The van der Waals surface area contributed by atoms with Gasteiger partial charge in [-0.3, -0.25) is 0 Å². The van der Waals surface area contributed by atoms with Crippen LogP contribution in [0.4, 0.5) is 10.2 Å². The van der Waals surface area contributed by atoms with Crippen molar-refractivity contribution in [3.8, 4) is 5.75 Å². The van der Waals surface area contributed by atoms with Gasteiger partial charge in [0.05, 0.1) is 18.2 Å². The highest BCUT2D eigenvalue weighted by atomic mass is 19.1. The van der Waals surface area contributed by atoms with Crippen molar-refractivity contribution in [3.05, 3.63) is 24.3 Å². The SMILES string of the molecule is COc1cc2c(NCC(C)(O)C3CCCCC3)ncnc2cc1F. The van der Waals surface area contributed by atoms with Crippen molar-refractivity contribution in [2.24, 2.45) is 5.92 Å². The van der Waals surface area contributed by atoms with Gasteiger partial charge in [0.1, 0.15) is 12.1 Å². The number of nitrogens with zero attached hydrogens (tertiary/aromatic N) is 2. The lowest BCUT2D eigenvalue weighted by Crippen LogP contribution is -2.42. The fraction of sp³-hybridized carbons (Fsp3) is 0.556. The zero-order valence-corrected chi connectivity index (χ0v) is 14.2. The molecule has 1 aromatic carbocycles. The number of halogens is 1. The van der Waals surface area contributed by atoms with Crippen molar-refractivity contribution in [1.29, 1.82) is 0 Å². The Morgan fingerprint density at radius 3 is 2.75 bits per heavy atom. The number of rotatable bonds is 5. The van der Waals surface area contributed by atoms with Crippen LogP contribution in [0, 0.1) is 11.7 Å². The second kappa shape index (κ2) is 6.89. The largest absolute Gasteiger partial charge is 0.494 e. The number of hydrogen-bond donors (Lipinski definition) is 2. The minimum absolute atomic E-state index is 0.152. The average molecular weight is 333 g/mol. The molecule has 24 heavy (non-hydrogen) atoms. The Morgan fingerprint density at radius 2 is 2.04 bits per heavy atom. The predicted octanol–water partition coefficient (Wildman–Crippen LogP) is 3.52. The van der Waals surface area contributed by atoms with E-state index in [1.165, 1.54) is 38.8 Å². The van der Waals surface area contributed by atoms with Crippen LogP contribution in [-0.2, 0) is 0 Å². The predicted molar refractivity (Wildman–Crippen MR) is 91.7 cm³/mol. The molecule has 6 heteroatoms. The maximum Gasteiger partial charge on any atom is 0.167 e. The van der Waals surface area contributed by atoms with Gasteiger partial charge < -0.3 is 15.2 Å². The molecule has 1 atom stereocenters. The molecule has 0 saturated heterocycles. The van der Waals surface area contributed by atoms with Gasteiger partial charge in [0.25, 0.3) is 0 Å². The topological polar surface area (TPSA) is 67.3 Å². The first-order valence-electron chi connectivity index (χ1n) is 8.46.